The number of carboxylic acid groups (broad SMARTS) is 1. The van der Waals surface area contributed by atoms with Crippen molar-refractivity contribution in [3.8, 4) is 5.75 Å². The molecule has 0 radical (unpaired) electrons. The van der Waals surface area contributed by atoms with E-state index in [4.69, 9.17) is 9.84 Å². The molecular formula is C21H15FN2O4. The van der Waals surface area contributed by atoms with Crippen molar-refractivity contribution in [3.05, 3.63) is 95.3 Å². The fourth-order valence-corrected chi connectivity index (χ4v) is 2.24. The van der Waals surface area contributed by atoms with Gasteiger partial charge in [0.1, 0.15) is 11.6 Å². The summed E-state index contributed by atoms with van der Waals surface area (Å²) in [6.45, 7) is 0. The number of benzene rings is 3. The number of halogens is 1. The van der Waals surface area contributed by atoms with Crippen LogP contribution in [0, 0.1) is 5.82 Å². The number of hydrazone groups is 1. The summed E-state index contributed by atoms with van der Waals surface area (Å²) in [7, 11) is 0. The molecule has 0 aliphatic heterocycles. The Labute approximate surface area is 159 Å². The number of hydrogen-bond donors (Lipinski definition) is 2. The van der Waals surface area contributed by atoms with Gasteiger partial charge in [-0.3, -0.25) is 5.43 Å². The van der Waals surface area contributed by atoms with Crippen molar-refractivity contribution in [3.63, 3.8) is 0 Å². The summed E-state index contributed by atoms with van der Waals surface area (Å²) < 4.78 is 18.1. The van der Waals surface area contributed by atoms with E-state index in [1.807, 2.05) is 0 Å². The van der Waals surface area contributed by atoms with Gasteiger partial charge in [0.05, 0.1) is 23.0 Å². The molecular weight excluding hydrogens is 363 g/mol. The van der Waals surface area contributed by atoms with Crippen LogP contribution in [0.2, 0.25) is 0 Å². The summed E-state index contributed by atoms with van der Waals surface area (Å²) in [4.78, 5) is 22.8. The number of carboxylic acids is 1. The van der Waals surface area contributed by atoms with E-state index < -0.39 is 17.8 Å². The Hall–Kier alpha value is -4.00. The molecule has 0 amide bonds. The molecule has 0 heterocycles. The Morgan fingerprint density at radius 1 is 0.893 bits per heavy atom. The number of aromatic carboxylic acids is 1. The minimum Gasteiger partial charge on any atom is -0.478 e. The van der Waals surface area contributed by atoms with Gasteiger partial charge < -0.3 is 9.84 Å². The number of rotatable bonds is 6. The highest BCUT2D eigenvalue weighted by Gasteiger charge is 2.08. The minimum atomic E-state index is -0.990. The maximum Gasteiger partial charge on any atom is 0.343 e. The lowest BCUT2D eigenvalue weighted by Gasteiger charge is -2.05. The first kappa shape index (κ1) is 18.8. The Kier molecular flexibility index (Phi) is 5.76. The maximum atomic E-state index is 12.9. The second-order valence-corrected chi connectivity index (χ2v) is 5.72. The van der Waals surface area contributed by atoms with Gasteiger partial charge in [-0.05, 0) is 78.4 Å². The molecule has 140 valence electrons. The molecule has 7 heteroatoms. The van der Waals surface area contributed by atoms with Gasteiger partial charge in [-0.1, -0.05) is 0 Å². The van der Waals surface area contributed by atoms with Crippen molar-refractivity contribution in [1.29, 1.82) is 0 Å². The standard InChI is InChI=1S/C21H15FN2O4/c22-17-7-3-16(4-8-17)21(27)28-19-11-1-14(2-12-19)13-23-24-18-9-5-15(6-10-18)20(25)26/h1-13,24H,(H,25,26)/b23-13+. The predicted molar refractivity (Wildman–Crippen MR) is 102 cm³/mol. The average Bonchev–Trinajstić information content (AvgIpc) is 2.70. The molecule has 0 atom stereocenters. The third kappa shape index (κ3) is 5.01. The number of carbonyl (C=O) groups excluding carboxylic acids is 1. The number of hydrogen-bond acceptors (Lipinski definition) is 5. The molecule has 3 aromatic rings. The van der Waals surface area contributed by atoms with E-state index in [0.29, 0.717) is 11.4 Å². The zero-order valence-corrected chi connectivity index (χ0v) is 14.5. The van der Waals surface area contributed by atoms with Crippen molar-refractivity contribution in [2.45, 2.75) is 0 Å². The van der Waals surface area contributed by atoms with Gasteiger partial charge in [0.2, 0.25) is 0 Å². The predicted octanol–water partition coefficient (Wildman–Crippen LogP) is 4.19. The van der Waals surface area contributed by atoms with Gasteiger partial charge >= 0.3 is 11.9 Å². The molecule has 2 N–H and O–H groups in total. The number of ether oxygens (including phenoxy) is 1. The molecule has 0 aliphatic rings. The van der Waals surface area contributed by atoms with Crippen LogP contribution in [0.4, 0.5) is 10.1 Å². The number of carbonyl (C=O) groups is 2. The molecule has 3 rings (SSSR count). The molecule has 0 fully saturated rings. The summed E-state index contributed by atoms with van der Waals surface area (Å²) in [5, 5.41) is 12.9. The Morgan fingerprint density at radius 3 is 2.11 bits per heavy atom. The van der Waals surface area contributed by atoms with Crippen LogP contribution in [0.25, 0.3) is 0 Å². The van der Waals surface area contributed by atoms with Crippen LogP contribution in [0.15, 0.2) is 77.9 Å². The maximum absolute atomic E-state index is 12.9. The summed E-state index contributed by atoms with van der Waals surface area (Å²) in [5.41, 5.74) is 4.65. The van der Waals surface area contributed by atoms with Crippen molar-refractivity contribution in [1.82, 2.24) is 0 Å². The topological polar surface area (TPSA) is 88.0 Å². The van der Waals surface area contributed by atoms with E-state index in [1.54, 1.807) is 42.6 Å². The van der Waals surface area contributed by atoms with Crippen molar-refractivity contribution < 1.29 is 23.8 Å². The lowest BCUT2D eigenvalue weighted by atomic mass is 10.2. The van der Waals surface area contributed by atoms with E-state index in [1.165, 1.54) is 36.4 Å². The SMILES string of the molecule is O=C(O)c1ccc(N/N=C/c2ccc(OC(=O)c3ccc(F)cc3)cc2)cc1. The molecule has 0 aliphatic carbocycles. The first-order chi connectivity index (χ1) is 13.5. The number of anilines is 1. The molecule has 3 aromatic carbocycles. The van der Waals surface area contributed by atoms with Crippen LogP contribution in [0.3, 0.4) is 0 Å². The second kappa shape index (κ2) is 8.59. The van der Waals surface area contributed by atoms with Crippen LogP contribution >= 0.6 is 0 Å². The molecule has 0 saturated carbocycles. The first-order valence-electron chi connectivity index (χ1n) is 8.21. The number of esters is 1. The summed E-state index contributed by atoms with van der Waals surface area (Å²) in [6.07, 6.45) is 1.57. The van der Waals surface area contributed by atoms with E-state index in [-0.39, 0.29) is 11.1 Å². The van der Waals surface area contributed by atoms with Crippen LogP contribution in [-0.2, 0) is 0 Å². The zero-order valence-electron chi connectivity index (χ0n) is 14.5. The molecule has 0 aromatic heterocycles. The normalized spacial score (nSPS) is 10.6. The summed E-state index contributed by atoms with van der Waals surface area (Å²) in [5.74, 6) is -1.64. The van der Waals surface area contributed by atoms with Gasteiger partial charge in [0.15, 0.2) is 0 Å². The zero-order chi connectivity index (χ0) is 19.9. The lowest BCUT2D eigenvalue weighted by molar-refractivity contribution is 0.0694. The third-order valence-corrected chi connectivity index (χ3v) is 3.71. The quantitative estimate of drug-likeness (QED) is 0.291. The van der Waals surface area contributed by atoms with E-state index in [0.717, 1.165) is 5.56 Å². The monoisotopic (exact) mass is 378 g/mol. The van der Waals surface area contributed by atoms with Gasteiger partial charge in [0, 0.05) is 0 Å². The smallest absolute Gasteiger partial charge is 0.343 e. The average molecular weight is 378 g/mol. The minimum absolute atomic E-state index is 0.195. The van der Waals surface area contributed by atoms with Crippen molar-refractivity contribution in [2.75, 3.05) is 5.43 Å². The molecule has 0 bridgehead atoms. The first-order valence-corrected chi connectivity index (χ1v) is 8.21. The van der Waals surface area contributed by atoms with Crippen LogP contribution in [0.5, 0.6) is 5.75 Å². The highest BCUT2D eigenvalue weighted by Crippen LogP contribution is 2.14. The molecule has 6 nitrogen and oxygen atoms in total. The van der Waals surface area contributed by atoms with Crippen LogP contribution < -0.4 is 10.2 Å². The number of nitrogens with zero attached hydrogens (tertiary/aromatic N) is 1. The Bertz CT molecular complexity index is 998. The fourth-order valence-electron chi connectivity index (χ4n) is 2.24. The highest BCUT2D eigenvalue weighted by atomic mass is 19.1. The molecule has 28 heavy (non-hydrogen) atoms. The van der Waals surface area contributed by atoms with Crippen LogP contribution in [-0.4, -0.2) is 23.3 Å². The summed E-state index contributed by atoms with van der Waals surface area (Å²) >= 11 is 0. The Morgan fingerprint density at radius 2 is 1.50 bits per heavy atom. The van der Waals surface area contributed by atoms with E-state index >= 15 is 0 Å². The lowest BCUT2D eigenvalue weighted by Crippen LogP contribution is -2.08. The fraction of sp³-hybridized carbons (Fsp3) is 0. The van der Waals surface area contributed by atoms with Gasteiger partial charge in [0.25, 0.3) is 0 Å². The Balaban J connectivity index is 1.56. The number of nitrogens with one attached hydrogen (secondary N) is 1. The van der Waals surface area contributed by atoms with Gasteiger partial charge in [-0.15, -0.1) is 0 Å². The van der Waals surface area contributed by atoms with Gasteiger partial charge in [-0.25, -0.2) is 14.0 Å². The highest BCUT2D eigenvalue weighted by molar-refractivity contribution is 5.91. The second-order valence-electron chi connectivity index (χ2n) is 5.72. The van der Waals surface area contributed by atoms with Gasteiger partial charge in [-0.2, -0.15) is 5.10 Å². The van der Waals surface area contributed by atoms with E-state index in [9.17, 15) is 14.0 Å². The van der Waals surface area contributed by atoms with Crippen LogP contribution in [0.1, 0.15) is 26.3 Å². The van der Waals surface area contributed by atoms with E-state index in [2.05, 4.69) is 10.5 Å². The molecule has 0 spiro atoms. The largest absolute Gasteiger partial charge is 0.478 e. The van der Waals surface area contributed by atoms with Crippen molar-refractivity contribution in [2.24, 2.45) is 5.10 Å². The van der Waals surface area contributed by atoms with Crippen molar-refractivity contribution >= 4 is 23.8 Å². The molecule has 0 saturated heterocycles. The molecule has 0 unspecified atom stereocenters. The summed E-state index contributed by atoms with van der Waals surface area (Å²) in [6, 6.07) is 17.9. The third-order valence-electron chi connectivity index (χ3n) is 3.71.